The molecule has 1 aliphatic rings. The SMILES string of the molecule is Cc1csc(Nc2ncc(CCC(=O)N3CCN(C)CC3)cc2OCc2ccccc2)n1.Cl.Cl. The molecule has 7 nitrogen and oxygen atoms in total. The highest BCUT2D eigenvalue weighted by atomic mass is 35.5. The number of carbonyl (C=O) groups excluding carboxylic acids is 1. The van der Waals surface area contributed by atoms with Gasteiger partial charge in [-0.05, 0) is 37.6 Å². The van der Waals surface area contributed by atoms with Crippen LogP contribution in [0.5, 0.6) is 5.75 Å². The summed E-state index contributed by atoms with van der Waals surface area (Å²) in [5.41, 5.74) is 3.03. The van der Waals surface area contributed by atoms with Crippen molar-refractivity contribution in [3.63, 3.8) is 0 Å². The molecule has 0 bridgehead atoms. The molecule has 0 saturated carbocycles. The van der Waals surface area contributed by atoms with Crippen LogP contribution in [-0.4, -0.2) is 58.9 Å². The Balaban J connectivity index is 0.00000204. The zero-order chi connectivity index (χ0) is 22.3. The van der Waals surface area contributed by atoms with Gasteiger partial charge in [0.15, 0.2) is 16.7 Å². The van der Waals surface area contributed by atoms with Crippen molar-refractivity contribution >= 4 is 53.0 Å². The van der Waals surface area contributed by atoms with Crippen LogP contribution in [-0.2, 0) is 17.8 Å². The molecule has 0 atom stereocenters. The van der Waals surface area contributed by atoms with E-state index in [2.05, 4.69) is 27.2 Å². The molecule has 1 saturated heterocycles. The molecule has 2 aromatic heterocycles. The van der Waals surface area contributed by atoms with Crippen molar-refractivity contribution in [2.75, 3.05) is 38.5 Å². The van der Waals surface area contributed by atoms with Crippen LogP contribution >= 0.6 is 36.2 Å². The average molecular weight is 525 g/mol. The van der Waals surface area contributed by atoms with Crippen LogP contribution in [0, 0.1) is 6.92 Å². The van der Waals surface area contributed by atoms with Gasteiger partial charge < -0.3 is 19.9 Å². The van der Waals surface area contributed by atoms with Crippen molar-refractivity contribution in [1.82, 2.24) is 19.8 Å². The Morgan fingerprint density at radius 1 is 1.12 bits per heavy atom. The van der Waals surface area contributed by atoms with E-state index in [-0.39, 0.29) is 30.7 Å². The number of benzene rings is 1. The largest absolute Gasteiger partial charge is 0.485 e. The number of piperazine rings is 1. The van der Waals surface area contributed by atoms with Crippen LogP contribution < -0.4 is 10.1 Å². The number of anilines is 2. The van der Waals surface area contributed by atoms with Crippen molar-refractivity contribution in [1.29, 1.82) is 0 Å². The highest BCUT2D eigenvalue weighted by molar-refractivity contribution is 7.13. The summed E-state index contributed by atoms with van der Waals surface area (Å²) in [5.74, 6) is 1.49. The van der Waals surface area contributed by atoms with Crippen LogP contribution in [0.4, 0.5) is 10.9 Å². The van der Waals surface area contributed by atoms with Crippen molar-refractivity contribution in [2.45, 2.75) is 26.4 Å². The fourth-order valence-electron chi connectivity index (χ4n) is 3.54. The number of hydrogen-bond acceptors (Lipinski definition) is 7. The Morgan fingerprint density at radius 3 is 2.53 bits per heavy atom. The first-order valence-electron chi connectivity index (χ1n) is 10.9. The molecular weight excluding hydrogens is 493 g/mol. The number of amides is 1. The highest BCUT2D eigenvalue weighted by Crippen LogP contribution is 2.29. The standard InChI is InChI=1S/C24H29N5O2S.2ClH/c1-18-17-32-24(26-18)27-23-21(31-16-19-6-4-3-5-7-19)14-20(15-25-23)8-9-22(30)29-12-10-28(2)11-13-29;;/h3-7,14-15,17H,8-13,16H2,1-2H3,(H,25,26,27);2*1H. The number of ether oxygens (including phenoxy) is 1. The molecule has 10 heteroatoms. The predicted molar refractivity (Wildman–Crippen MR) is 142 cm³/mol. The number of rotatable bonds is 8. The first-order valence-corrected chi connectivity index (χ1v) is 11.8. The summed E-state index contributed by atoms with van der Waals surface area (Å²) < 4.78 is 6.13. The number of pyridine rings is 1. The second kappa shape index (κ2) is 13.5. The lowest BCUT2D eigenvalue weighted by Gasteiger charge is -2.32. The van der Waals surface area contributed by atoms with E-state index in [1.165, 1.54) is 11.3 Å². The van der Waals surface area contributed by atoms with E-state index in [4.69, 9.17) is 4.74 Å². The van der Waals surface area contributed by atoms with Gasteiger partial charge in [0.1, 0.15) is 6.61 Å². The van der Waals surface area contributed by atoms with Crippen LogP contribution in [0.25, 0.3) is 0 Å². The van der Waals surface area contributed by atoms with E-state index < -0.39 is 0 Å². The average Bonchev–Trinajstić information content (AvgIpc) is 3.23. The monoisotopic (exact) mass is 523 g/mol. The predicted octanol–water partition coefficient (Wildman–Crippen LogP) is 4.72. The molecule has 0 spiro atoms. The number of aromatic nitrogens is 2. The lowest BCUT2D eigenvalue weighted by molar-refractivity contribution is -0.132. The van der Waals surface area contributed by atoms with Gasteiger partial charge in [-0.25, -0.2) is 9.97 Å². The zero-order valence-corrected chi connectivity index (χ0v) is 21.8. The number of hydrogen-bond donors (Lipinski definition) is 1. The van der Waals surface area contributed by atoms with Crippen LogP contribution in [0.3, 0.4) is 0 Å². The van der Waals surface area contributed by atoms with Gasteiger partial charge in [-0.15, -0.1) is 36.2 Å². The molecule has 1 fully saturated rings. The summed E-state index contributed by atoms with van der Waals surface area (Å²) in [4.78, 5) is 25.9. The molecule has 0 aliphatic carbocycles. The molecule has 1 amide bonds. The number of aryl methyl sites for hydroxylation is 2. The number of likely N-dealkylation sites (N-methyl/N-ethyl adjacent to an activating group) is 1. The van der Waals surface area contributed by atoms with E-state index >= 15 is 0 Å². The van der Waals surface area contributed by atoms with E-state index in [1.54, 1.807) is 0 Å². The Morgan fingerprint density at radius 2 is 1.85 bits per heavy atom. The fraction of sp³-hybridized carbons (Fsp3) is 0.375. The summed E-state index contributed by atoms with van der Waals surface area (Å²) >= 11 is 1.53. The molecule has 184 valence electrons. The van der Waals surface area contributed by atoms with Gasteiger partial charge in [-0.2, -0.15) is 0 Å². The van der Waals surface area contributed by atoms with E-state index in [9.17, 15) is 4.79 Å². The minimum atomic E-state index is 0. The van der Waals surface area contributed by atoms with Gasteiger partial charge >= 0.3 is 0 Å². The third-order valence-electron chi connectivity index (χ3n) is 5.47. The van der Waals surface area contributed by atoms with E-state index in [1.807, 2.05) is 59.8 Å². The Kier molecular flexibility index (Phi) is 11.0. The van der Waals surface area contributed by atoms with Gasteiger partial charge in [0.05, 0.1) is 5.69 Å². The number of halogens is 2. The third-order valence-corrected chi connectivity index (χ3v) is 6.35. The molecule has 1 N–H and O–H groups in total. The lowest BCUT2D eigenvalue weighted by Crippen LogP contribution is -2.47. The van der Waals surface area contributed by atoms with Crippen molar-refractivity contribution in [3.05, 3.63) is 64.8 Å². The quantitative estimate of drug-likeness (QED) is 0.460. The summed E-state index contributed by atoms with van der Waals surface area (Å²) in [6.07, 6.45) is 2.92. The van der Waals surface area contributed by atoms with Gasteiger partial charge in [0, 0.05) is 44.2 Å². The number of nitrogens with one attached hydrogen (secondary N) is 1. The molecule has 4 rings (SSSR count). The molecule has 34 heavy (non-hydrogen) atoms. The van der Waals surface area contributed by atoms with Crippen LogP contribution in [0.1, 0.15) is 23.2 Å². The van der Waals surface area contributed by atoms with Gasteiger partial charge in [-0.3, -0.25) is 4.79 Å². The molecule has 3 aromatic rings. The first kappa shape index (κ1) is 27.9. The summed E-state index contributed by atoms with van der Waals surface area (Å²) in [5, 5.41) is 6.04. The summed E-state index contributed by atoms with van der Waals surface area (Å²) in [6.45, 7) is 5.87. The molecular formula is C24H31Cl2N5O2S. The van der Waals surface area contributed by atoms with Gasteiger partial charge in [-0.1, -0.05) is 30.3 Å². The maximum absolute atomic E-state index is 12.6. The second-order valence-electron chi connectivity index (χ2n) is 8.07. The molecule has 0 radical (unpaired) electrons. The van der Waals surface area contributed by atoms with E-state index in [0.29, 0.717) is 31.0 Å². The van der Waals surface area contributed by atoms with Crippen LogP contribution in [0.15, 0.2) is 48.0 Å². The Hall–Kier alpha value is -2.39. The normalized spacial score (nSPS) is 13.5. The highest BCUT2D eigenvalue weighted by Gasteiger charge is 2.19. The third kappa shape index (κ3) is 7.84. The topological polar surface area (TPSA) is 70.6 Å². The Labute approximate surface area is 217 Å². The minimum Gasteiger partial charge on any atom is -0.485 e. The Bertz CT molecular complexity index is 1040. The molecule has 3 heterocycles. The van der Waals surface area contributed by atoms with Gasteiger partial charge in [0.25, 0.3) is 0 Å². The summed E-state index contributed by atoms with van der Waals surface area (Å²) in [7, 11) is 2.09. The fourth-order valence-corrected chi connectivity index (χ4v) is 4.23. The minimum absolute atomic E-state index is 0. The maximum atomic E-state index is 12.6. The molecule has 1 aromatic carbocycles. The van der Waals surface area contributed by atoms with Crippen molar-refractivity contribution in [3.8, 4) is 5.75 Å². The lowest BCUT2D eigenvalue weighted by atomic mass is 10.1. The van der Waals surface area contributed by atoms with Crippen LogP contribution in [0.2, 0.25) is 0 Å². The second-order valence-corrected chi connectivity index (χ2v) is 8.93. The van der Waals surface area contributed by atoms with Crippen molar-refractivity contribution < 1.29 is 9.53 Å². The van der Waals surface area contributed by atoms with Gasteiger partial charge in [0.2, 0.25) is 5.91 Å². The maximum Gasteiger partial charge on any atom is 0.222 e. The van der Waals surface area contributed by atoms with E-state index in [0.717, 1.165) is 48.1 Å². The zero-order valence-electron chi connectivity index (χ0n) is 19.4. The molecule has 1 aliphatic heterocycles. The summed E-state index contributed by atoms with van der Waals surface area (Å²) in [6, 6.07) is 12.0. The number of nitrogens with zero attached hydrogens (tertiary/aromatic N) is 4. The smallest absolute Gasteiger partial charge is 0.222 e. The molecule has 0 unspecified atom stereocenters. The number of carbonyl (C=O) groups is 1. The first-order chi connectivity index (χ1) is 15.6. The van der Waals surface area contributed by atoms with Crippen molar-refractivity contribution in [2.24, 2.45) is 0 Å². The number of thiazole rings is 1.